The van der Waals surface area contributed by atoms with Crippen LogP contribution >= 0.6 is 22.9 Å². The highest BCUT2D eigenvalue weighted by Gasteiger charge is 2.13. The minimum Gasteiger partial charge on any atom is -0.507 e. The maximum absolute atomic E-state index is 11.0. The molecule has 5 nitrogen and oxygen atoms in total. The zero-order chi connectivity index (χ0) is 15.0. The molecule has 0 atom stereocenters. The summed E-state index contributed by atoms with van der Waals surface area (Å²) in [5.41, 5.74) is 1.23. The standard InChI is InChI=1S/C14H9ClN2O3S/c15-7-1-3-8(4-2-7)16-14-17-10-6-11(18)9(13(19)20)5-12(10)21-14/h1-6,18H,(H,16,17)(H,19,20). The van der Waals surface area contributed by atoms with E-state index in [2.05, 4.69) is 10.3 Å². The zero-order valence-electron chi connectivity index (χ0n) is 10.5. The SMILES string of the molecule is O=C(O)c1cc2sc(Nc3ccc(Cl)cc3)nc2cc1O. The van der Waals surface area contributed by atoms with E-state index >= 15 is 0 Å². The number of aromatic nitrogens is 1. The third-order valence-corrected chi connectivity index (χ3v) is 4.02. The molecule has 3 N–H and O–H groups in total. The van der Waals surface area contributed by atoms with Gasteiger partial charge in [0, 0.05) is 16.8 Å². The Morgan fingerprint density at radius 3 is 2.62 bits per heavy atom. The Hall–Kier alpha value is -2.31. The second-order valence-electron chi connectivity index (χ2n) is 4.29. The van der Waals surface area contributed by atoms with E-state index in [1.807, 2.05) is 12.1 Å². The van der Waals surface area contributed by atoms with Crippen LogP contribution in [0.5, 0.6) is 5.75 Å². The van der Waals surface area contributed by atoms with Crippen molar-refractivity contribution in [3.05, 3.63) is 47.0 Å². The van der Waals surface area contributed by atoms with Crippen molar-refractivity contribution in [2.45, 2.75) is 0 Å². The molecule has 21 heavy (non-hydrogen) atoms. The van der Waals surface area contributed by atoms with Crippen molar-refractivity contribution >= 4 is 49.9 Å². The predicted molar refractivity (Wildman–Crippen MR) is 83.0 cm³/mol. The lowest BCUT2D eigenvalue weighted by atomic mass is 10.2. The Balaban J connectivity index is 1.97. The summed E-state index contributed by atoms with van der Waals surface area (Å²) in [5.74, 6) is -1.46. The maximum atomic E-state index is 11.0. The van der Waals surface area contributed by atoms with Crippen LogP contribution in [0.25, 0.3) is 10.2 Å². The molecule has 0 aliphatic carbocycles. The Labute approximate surface area is 128 Å². The number of halogens is 1. The first kappa shape index (κ1) is 13.7. The van der Waals surface area contributed by atoms with Crippen LogP contribution in [0.15, 0.2) is 36.4 Å². The number of thiazole rings is 1. The number of fused-ring (bicyclic) bond motifs is 1. The first-order chi connectivity index (χ1) is 10.0. The van der Waals surface area contributed by atoms with Crippen molar-refractivity contribution in [1.29, 1.82) is 0 Å². The summed E-state index contributed by atoms with van der Waals surface area (Å²) in [6.45, 7) is 0. The molecule has 0 aliphatic heterocycles. The van der Waals surface area contributed by atoms with Gasteiger partial charge in [-0.15, -0.1) is 0 Å². The summed E-state index contributed by atoms with van der Waals surface area (Å²) in [6, 6.07) is 9.90. The summed E-state index contributed by atoms with van der Waals surface area (Å²) in [4.78, 5) is 15.3. The van der Waals surface area contributed by atoms with Crippen LogP contribution in [-0.4, -0.2) is 21.2 Å². The molecule has 0 amide bonds. The molecule has 0 aliphatic rings. The van der Waals surface area contributed by atoms with Crippen LogP contribution in [0, 0.1) is 0 Å². The van der Waals surface area contributed by atoms with Crippen LogP contribution in [0.3, 0.4) is 0 Å². The third kappa shape index (κ3) is 2.76. The van der Waals surface area contributed by atoms with Gasteiger partial charge >= 0.3 is 5.97 Å². The number of benzene rings is 2. The molecule has 3 aromatic rings. The van der Waals surface area contributed by atoms with E-state index in [1.165, 1.54) is 23.5 Å². The van der Waals surface area contributed by atoms with Gasteiger partial charge in [-0.2, -0.15) is 0 Å². The van der Waals surface area contributed by atoms with Gasteiger partial charge in [0.05, 0.1) is 10.2 Å². The molecule has 0 bridgehead atoms. The van der Waals surface area contributed by atoms with Gasteiger partial charge in [-0.1, -0.05) is 22.9 Å². The highest BCUT2D eigenvalue weighted by atomic mass is 35.5. The number of aromatic carboxylic acids is 1. The quantitative estimate of drug-likeness (QED) is 0.677. The molecule has 0 spiro atoms. The highest BCUT2D eigenvalue weighted by Crippen LogP contribution is 2.32. The van der Waals surface area contributed by atoms with E-state index < -0.39 is 5.97 Å². The Bertz CT molecular complexity index is 830. The van der Waals surface area contributed by atoms with E-state index in [-0.39, 0.29) is 11.3 Å². The second-order valence-corrected chi connectivity index (χ2v) is 5.76. The van der Waals surface area contributed by atoms with Gasteiger partial charge in [0.15, 0.2) is 5.13 Å². The number of nitrogens with zero attached hydrogens (tertiary/aromatic N) is 1. The monoisotopic (exact) mass is 320 g/mol. The first-order valence-electron chi connectivity index (χ1n) is 5.92. The van der Waals surface area contributed by atoms with E-state index in [0.717, 1.165) is 5.69 Å². The number of nitrogens with one attached hydrogen (secondary N) is 1. The lowest BCUT2D eigenvalue weighted by molar-refractivity contribution is 0.0694. The number of carbonyl (C=O) groups is 1. The van der Waals surface area contributed by atoms with E-state index in [4.69, 9.17) is 16.7 Å². The van der Waals surface area contributed by atoms with Crippen molar-refractivity contribution in [2.24, 2.45) is 0 Å². The summed E-state index contributed by atoms with van der Waals surface area (Å²) >= 11 is 7.13. The van der Waals surface area contributed by atoms with Gasteiger partial charge in [0.1, 0.15) is 11.3 Å². The molecular formula is C14H9ClN2O3S. The van der Waals surface area contributed by atoms with Gasteiger partial charge in [-0.05, 0) is 30.3 Å². The summed E-state index contributed by atoms with van der Waals surface area (Å²) in [6.07, 6.45) is 0. The first-order valence-corrected chi connectivity index (χ1v) is 7.12. The number of carboxylic acids is 1. The van der Waals surface area contributed by atoms with Gasteiger partial charge in [-0.25, -0.2) is 9.78 Å². The fourth-order valence-electron chi connectivity index (χ4n) is 1.84. The topological polar surface area (TPSA) is 82.5 Å². The summed E-state index contributed by atoms with van der Waals surface area (Å²) in [7, 11) is 0. The Kier molecular flexibility index (Phi) is 3.40. The lowest BCUT2D eigenvalue weighted by Crippen LogP contribution is -1.95. The number of aromatic hydroxyl groups is 1. The number of hydrogen-bond donors (Lipinski definition) is 3. The minimum absolute atomic E-state index is 0.135. The van der Waals surface area contributed by atoms with Gasteiger partial charge in [0.25, 0.3) is 0 Å². The zero-order valence-corrected chi connectivity index (χ0v) is 12.1. The van der Waals surface area contributed by atoms with Crippen LogP contribution in [0.1, 0.15) is 10.4 Å². The fraction of sp³-hybridized carbons (Fsp3) is 0. The molecule has 3 rings (SSSR count). The average molecular weight is 321 g/mol. The molecule has 0 saturated heterocycles. The van der Waals surface area contributed by atoms with Crippen LogP contribution in [0.2, 0.25) is 5.02 Å². The number of anilines is 2. The van der Waals surface area contributed by atoms with Crippen molar-refractivity contribution in [2.75, 3.05) is 5.32 Å². The lowest BCUT2D eigenvalue weighted by Gasteiger charge is -2.01. The molecule has 2 aromatic carbocycles. The third-order valence-electron chi connectivity index (χ3n) is 2.83. The van der Waals surface area contributed by atoms with Crippen LogP contribution in [0.4, 0.5) is 10.8 Å². The molecule has 0 fully saturated rings. The Morgan fingerprint density at radius 1 is 1.24 bits per heavy atom. The van der Waals surface area contributed by atoms with Crippen molar-refractivity contribution in [1.82, 2.24) is 4.98 Å². The number of hydrogen-bond acceptors (Lipinski definition) is 5. The van der Waals surface area contributed by atoms with E-state index in [1.54, 1.807) is 12.1 Å². The number of rotatable bonds is 3. The smallest absolute Gasteiger partial charge is 0.339 e. The largest absolute Gasteiger partial charge is 0.507 e. The van der Waals surface area contributed by atoms with Crippen molar-refractivity contribution < 1.29 is 15.0 Å². The van der Waals surface area contributed by atoms with Gasteiger partial charge < -0.3 is 15.5 Å². The van der Waals surface area contributed by atoms with Crippen LogP contribution < -0.4 is 5.32 Å². The van der Waals surface area contributed by atoms with Gasteiger partial charge in [-0.3, -0.25) is 0 Å². The summed E-state index contributed by atoms with van der Waals surface area (Å²) in [5, 5.41) is 23.0. The van der Waals surface area contributed by atoms with Crippen LogP contribution in [-0.2, 0) is 0 Å². The van der Waals surface area contributed by atoms with Crippen molar-refractivity contribution in [3.63, 3.8) is 0 Å². The Morgan fingerprint density at radius 2 is 1.95 bits per heavy atom. The van der Waals surface area contributed by atoms with E-state index in [9.17, 15) is 9.90 Å². The molecule has 106 valence electrons. The van der Waals surface area contributed by atoms with E-state index in [0.29, 0.717) is 20.4 Å². The number of carboxylic acid groups (broad SMARTS) is 1. The normalized spacial score (nSPS) is 10.7. The summed E-state index contributed by atoms with van der Waals surface area (Å²) < 4.78 is 0.682. The van der Waals surface area contributed by atoms with Crippen molar-refractivity contribution in [3.8, 4) is 5.75 Å². The highest BCUT2D eigenvalue weighted by molar-refractivity contribution is 7.22. The minimum atomic E-state index is -1.17. The molecule has 0 radical (unpaired) electrons. The molecule has 0 unspecified atom stereocenters. The predicted octanol–water partition coefficient (Wildman–Crippen LogP) is 4.10. The molecule has 1 aromatic heterocycles. The molecule has 1 heterocycles. The molecular weight excluding hydrogens is 312 g/mol. The molecule has 0 saturated carbocycles. The van der Waals surface area contributed by atoms with Gasteiger partial charge in [0.2, 0.25) is 0 Å². The maximum Gasteiger partial charge on any atom is 0.339 e. The average Bonchev–Trinajstić information content (AvgIpc) is 2.81. The molecule has 7 heteroatoms. The fourth-order valence-corrected chi connectivity index (χ4v) is 2.88. The number of phenols is 1. The second kappa shape index (κ2) is 5.23.